The van der Waals surface area contributed by atoms with Gasteiger partial charge in [-0.3, -0.25) is 19.2 Å². The van der Waals surface area contributed by atoms with E-state index < -0.39 is 0 Å². The first-order chi connectivity index (χ1) is 22.4. The third-order valence-corrected chi connectivity index (χ3v) is 10.6. The van der Waals surface area contributed by atoms with Gasteiger partial charge in [-0.05, 0) is 52.7 Å². The number of hydrogen-bond donors (Lipinski definition) is 1. The van der Waals surface area contributed by atoms with Gasteiger partial charge in [-0.25, -0.2) is 0 Å². The standard InChI is InChI=1S/C32H38N4O6S4/c1-2-33(29(38)25-7-3-21-43-25)11-12-35(31(40)27-9-5-23-45-27)16-19-42-20-17-36(32(41)28-10-6-24-46-28)14-13-34(15-18-37)30(39)26-8-4-22-44-26/h3-10,21-24,37H,2,11-20H2,1H3. The van der Waals surface area contributed by atoms with Crippen LogP contribution in [0.2, 0.25) is 0 Å². The van der Waals surface area contributed by atoms with Crippen molar-refractivity contribution in [2.75, 3.05) is 72.2 Å². The van der Waals surface area contributed by atoms with Crippen molar-refractivity contribution in [3.8, 4) is 0 Å². The molecule has 0 atom stereocenters. The van der Waals surface area contributed by atoms with Gasteiger partial charge in [0.1, 0.15) is 0 Å². The maximum absolute atomic E-state index is 13.3. The Labute approximate surface area is 285 Å². The van der Waals surface area contributed by atoms with Crippen LogP contribution >= 0.6 is 45.3 Å². The van der Waals surface area contributed by atoms with Crippen LogP contribution in [0.3, 0.4) is 0 Å². The van der Waals surface area contributed by atoms with Crippen molar-refractivity contribution < 1.29 is 29.0 Å². The highest BCUT2D eigenvalue weighted by Crippen LogP contribution is 2.16. The second-order valence-corrected chi connectivity index (χ2v) is 13.8. The van der Waals surface area contributed by atoms with E-state index in [1.54, 1.807) is 49.9 Å². The van der Waals surface area contributed by atoms with Crippen LogP contribution in [-0.4, -0.2) is 121 Å². The summed E-state index contributed by atoms with van der Waals surface area (Å²) in [5.74, 6) is -0.511. The quantitative estimate of drug-likeness (QED) is 0.140. The zero-order valence-corrected chi connectivity index (χ0v) is 28.9. The molecule has 0 aliphatic rings. The van der Waals surface area contributed by atoms with E-state index in [1.807, 2.05) is 46.6 Å². The van der Waals surface area contributed by atoms with Crippen molar-refractivity contribution >= 4 is 69.0 Å². The fourth-order valence-corrected chi connectivity index (χ4v) is 7.39. The third kappa shape index (κ3) is 10.0. The molecule has 4 rings (SSSR count). The molecule has 14 heteroatoms. The summed E-state index contributed by atoms with van der Waals surface area (Å²) in [4.78, 5) is 61.6. The van der Waals surface area contributed by atoms with Gasteiger partial charge in [0.25, 0.3) is 23.6 Å². The SMILES string of the molecule is CCN(CCN(CCOCCN(CCN(CCO)C(=O)c1cccs1)C(=O)c1cccs1)C(=O)c1cccs1)C(=O)c1cccs1. The molecule has 0 aliphatic heterocycles. The first-order valence-corrected chi connectivity index (χ1v) is 18.4. The van der Waals surface area contributed by atoms with Gasteiger partial charge >= 0.3 is 0 Å². The summed E-state index contributed by atoms with van der Waals surface area (Å²) in [5, 5.41) is 17.0. The van der Waals surface area contributed by atoms with Crippen LogP contribution in [0.4, 0.5) is 0 Å². The average molecular weight is 703 g/mol. The predicted molar refractivity (Wildman–Crippen MR) is 184 cm³/mol. The Morgan fingerprint density at radius 3 is 1.17 bits per heavy atom. The van der Waals surface area contributed by atoms with Crippen LogP contribution in [0.5, 0.6) is 0 Å². The molecule has 0 saturated heterocycles. The summed E-state index contributed by atoms with van der Waals surface area (Å²) in [5.41, 5.74) is 0. The Kier molecular flexibility index (Phi) is 14.4. The van der Waals surface area contributed by atoms with Gasteiger partial charge in [-0.1, -0.05) is 24.3 Å². The summed E-state index contributed by atoms with van der Waals surface area (Å²) in [6.45, 7) is 4.78. The second-order valence-electron chi connectivity index (χ2n) is 10.0. The molecule has 0 saturated carbocycles. The zero-order valence-electron chi connectivity index (χ0n) is 25.6. The Morgan fingerprint density at radius 2 is 0.870 bits per heavy atom. The molecule has 0 fully saturated rings. The first-order valence-electron chi connectivity index (χ1n) is 14.9. The summed E-state index contributed by atoms with van der Waals surface area (Å²) >= 11 is 5.45. The van der Waals surface area contributed by atoms with Crippen LogP contribution in [-0.2, 0) is 4.74 Å². The smallest absolute Gasteiger partial charge is 0.264 e. The molecule has 246 valence electrons. The molecule has 0 bridgehead atoms. The van der Waals surface area contributed by atoms with Gasteiger partial charge in [0, 0.05) is 52.4 Å². The van der Waals surface area contributed by atoms with Gasteiger partial charge in [0.15, 0.2) is 0 Å². The van der Waals surface area contributed by atoms with Gasteiger partial charge in [0.05, 0.1) is 39.3 Å². The van der Waals surface area contributed by atoms with E-state index in [4.69, 9.17) is 4.74 Å². The molecule has 4 aromatic heterocycles. The van der Waals surface area contributed by atoms with E-state index in [1.165, 1.54) is 45.3 Å². The van der Waals surface area contributed by atoms with Gasteiger partial charge in [0.2, 0.25) is 0 Å². The number of carbonyl (C=O) groups is 4. The van der Waals surface area contributed by atoms with Crippen molar-refractivity contribution in [2.45, 2.75) is 6.92 Å². The lowest BCUT2D eigenvalue weighted by atomic mass is 10.3. The van der Waals surface area contributed by atoms with Gasteiger partial charge < -0.3 is 29.4 Å². The highest BCUT2D eigenvalue weighted by atomic mass is 32.1. The average Bonchev–Trinajstić information content (AvgIpc) is 3.91. The van der Waals surface area contributed by atoms with Gasteiger partial charge in [-0.2, -0.15) is 0 Å². The van der Waals surface area contributed by atoms with Crippen molar-refractivity contribution in [3.63, 3.8) is 0 Å². The van der Waals surface area contributed by atoms with Crippen LogP contribution in [0.15, 0.2) is 70.1 Å². The topological polar surface area (TPSA) is 111 Å². The molecule has 4 aromatic rings. The van der Waals surface area contributed by atoms with Crippen LogP contribution < -0.4 is 0 Å². The monoisotopic (exact) mass is 702 g/mol. The maximum atomic E-state index is 13.3. The number of carbonyl (C=O) groups excluding carboxylic acids is 4. The minimum atomic E-state index is -0.183. The van der Waals surface area contributed by atoms with E-state index >= 15 is 0 Å². The molecule has 1 N–H and O–H groups in total. The van der Waals surface area contributed by atoms with E-state index in [9.17, 15) is 24.3 Å². The molecule has 4 amide bonds. The number of nitrogens with zero attached hydrogens (tertiary/aromatic N) is 4. The highest BCUT2D eigenvalue weighted by molar-refractivity contribution is 7.13. The molecule has 0 radical (unpaired) electrons. The van der Waals surface area contributed by atoms with Gasteiger partial charge in [-0.15, -0.1) is 45.3 Å². The van der Waals surface area contributed by atoms with E-state index in [2.05, 4.69) is 0 Å². The Hall–Kier alpha value is -3.40. The number of amides is 4. The van der Waals surface area contributed by atoms with E-state index in [-0.39, 0.29) is 69.6 Å². The number of likely N-dealkylation sites (N-methyl/N-ethyl adjacent to an activating group) is 1. The number of thiophene rings is 4. The molecule has 0 aromatic carbocycles. The fourth-order valence-electron chi connectivity index (χ4n) is 4.63. The highest BCUT2D eigenvalue weighted by Gasteiger charge is 2.23. The minimum absolute atomic E-state index is 0.0533. The Bertz CT molecular complexity index is 1480. The number of ether oxygens (including phenoxy) is 1. The van der Waals surface area contributed by atoms with Crippen molar-refractivity contribution in [3.05, 3.63) is 89.6 Å². The van der Waals surface area contributed by atoms with E-state index in [0.29, 0.717) is 45.7 Å². The summed E-state index contributed by atoms with van der Waals surface area (Å²) in [7, 11) is 0. The fraction of sp³-hybridized carbons (Fsp3) is 0.375. The van der Waals surface area contributed by atoms with Crippen molar-refractivity contribution in [1.82, 2.24) is 19.6 Å². The first kappa shape index (κ1) is 35.5. The number of rotatable bonds is 19. The lowest BCUT2D eigenvalue weighted by Gasteiger charge is -2.28. The van der Waals surface area contributed by atoms with Crippen LogP contribution in [0.1, 0.15) is 45.6 Å². The summed E-state index contributed by atoms with van der Waals surface area (Å²) in [6, 6.07) is 14.4. The van der Waals surface area contributed by atoms with Crippen molar-refractivity contribution in [1.29, 1.82) is 0 Å². The second kappa shape index (κ2) is 18.7. The predicted octanol–water partition coefficient (Wildman–Crippen LogP) is 4.83. The molecular formula is C32H38N4O6S4. The largest absolute Gasteiger partial charge is 0.395 e. The Balaban J connectivity index is 1.33. The molecular weight excluding hydrogens is 665 g/mol. The lowest BCUT2D eigenvalue weighted by Crippen LogP contribution is -2.43. The number of hydrogen-bond acceptors (Lipinski definition) is 10. The Morgan fingerprint density at radius 1 is 0.543 bits per heavy atom. The molecule has 0 spiro atoms. The maximum Gasteiger partial charge on any atom is 0.264 e. The minimum Gasteiger partial charge on any atom is -0.395 e. The molecule has 4 heterocycles. The summed E-state index contributed by atoms with van der Waals surface area (Å²) in [6.07, 6.45) is 0. The summed E-state index contributed by atoms with van der Waals surface area (Å²) < 4.78 is 5.95. The van der Waals surface area contributed by atoms with Crippen LogP contribution in [0, 0.1) is 0 Å². The molecule has 0 unspecified atom stereocenters. The molecule has 46 heavy (non-hydrogen) atoms. The third-order valence-electron chi connectivity index (χ3n) is 7.12. The number of aliphatic hydroxyl groups is 1. The van der Waals surface area contributed by atoms with E-state index in [0.717, 1.165) is 0 Å². The molecule has 0 aliphatic carbocycles. The zero-order chi connectivity index (χ0) is 32.7. The normalized spacial score (nSPS) is 10.9. The molecule has 10 nitrogen and oxygen atoms in total. The lowest BCUT2D eigenvalue weighted by molar-refractivity contribution is 0.0491. The van der Waals surface area contributed by atoms with Crippen LogP contribution in [0.25, 0.3) is 0 Å². The number of aliphatic hydroxyl groups excluding tert-OH is 1. The van der Waals surface area contributed by atoms with Crippen molar-refractivity contribution in [2.24, 2.45) is 0 Å².